The largest absolute Gasteiger partial charge is 0.377 e. The van der Waals surface area contributed by atoms with Gasteiger partial charge in [0.1, 0.15) is 5.69 Å². The van der Waals surface area contributed by atoms with Gasteiger partial charge in [0.25, 0.3) is 5.69 Å². The number of hydrogen-bond acceptors (Lipinski definition) is 3. The van der Waals surface area contributed by atoms with Crippen LogP contribution in [0.2, 0.25) is 10.0 Å². The Bertz CT molecular complexity index is 394. The van der Waals surface area contributed by atoms with Crippen LogP contribution >= 0.6 is 23.2 Å². The molecule has 0 bridgehead atoms. The second-order valence-electron chi connectivity index (χ2n) is 3.34. The van der Waals surface area contributed by atoms with Gasteiger partial charge >= 0.3 is 0 Å². The summed E-state index contributed by atoms with van der Waals surface area (Å²) in [5.41, 5.74) is 0.308. The molecule has 0 aliphatic carbocycles. The van der Waals surface area contributed by atoms with E-state index >= 15 is 0 Å². The van der Waals surface area contributed by atoms with Gasteiger partial charge < -0.3 is 5.32 Å². The number of rotatable bonds is 3. The average molecular weight is 249 g/mol. The number of nitro groups is 1. The predicted octanol–water partition coefficient (Wildman–Crippen LogP) is 3.72. The molecule has 4 nitrogen and oxygen atoms in total. The number of nitro benzene ring substituents is 1. The zero-order valence-corrected chi connectivity index (χ0v) is 9.76. The molecule has 0 heterocycles. The van der Waals surface area contributed by atoms with Crippen molar-refractivity contribution in [2.45, 2.75) is 19.9 Å². The molecule has 0 radical (unpaired) electrons. The fourth-order valence-electron chi connectivity index (χ4n) is 1.11. The van der Waals surface area contributed by atoms with Gasteiger partial charge in [0.2, 0.25) is 0 Å². The lowest BCUT2D eigenvalue weighted by Gasteiger charge is -2.10. The van der Waals surface area contributed by atoms with E-state index in [-0.39, 0.29) is 16.8 Å². The van der Waals surface area contributed by atoms with Crippen molar-refractivity contribution < 1.29 is 4.92 Å². The van der Waals surface area contributed by atoms with Crippen LogP contribution in [-0.4, -0.2) is 11.0 Å². The molecule has 1 rings (SSSR count). The van der Waals surface area contributed by atoms with Crippen molar-refractivity contribution in [1.29, 1.82) is 0 Å². The molecule has 0 atom stereocenters. The Morgan fingerprint density at radius 3 is 2.33 bits per heavy atom. The van der Waals surface area contributed by atoms with Crippen molar-refractivity contribution >= 4 is 34.6 Å². The van der Waals surface area contributed by atoms with Crippen molar-refractivity contribution in [1.82, 2.24) is 0 Å². The first-order chi connectivity index (χ1) is 6.91. The van der Waals surface area contributed by atoms with Gasteiger partial charge in [-0.05, 0) is 19.9 Å². The molecule has 0 aromatic heterocycles. The summed E-state index contributed by atoms with van der Waals surface area (Å²) in [5, 5.41) is 14.1. The molecule has 1 aromatic carbocycles. The second-order valence-corrected chi connectivity index (χ2v) is 4.15. The van der Waals surface area contributed by atoms with Crippen LogP contribution in [0, 0.1) is 10.1 Å². The van der Waals surface area contributed by atoms with Crippen LogP contribution in [0.3, 0.4) is 0 Å². The lowest BCUT2D eigenvalue weighted by molar-refractivity contribution is -0.384. The molecular formula is C9H10Cl2N2O2. The minimum Gasteiger partial charge on any atom is -0.377 e. The zero-order chi connectivity index (χ0) is 11.6. The van der Waals surface area contributed by atoms with Crippen LogP contribution < -0.4 is 5.32 Å². The maximum Gasteiger partial charge on any atom is 0.293 e. The Balaban J connectivity index is 3.22. The van der Waals surface area contributed by atoms with E-state index in [9.17, 15) is 10.1 Å². The van der Waals surface area contributed by atoms with E-state index in [0.717, 1.165) is 0 Å². The van der Waals surface area contributed by atoms with Crippen LogP contribution in [0.15, 0.2) is 12.1 Å². The number of nitrogens with zero attached hydrogens (tertiary/aromatic N) is 1. The number of hydrogen-bond donors (Lipinski definition) is 1. The number of halogens is 2. The van der Waals surface area contributed by atoms with Crippen LogP contribution in [-0.2, 0) is 0 Å². The summed E-state index contributed by atoms with van der Waals surface area (Å²) < 4.78 is 0. The van der Waals surface area contributed by atoms with Gasteiger partial charge in [-0.1, -0.05) is 23.2 Å². The van der Waals surface area contributed by atoms with E-state index in [1.165, 1.54) is 12.1 Å². The summed E-state index contributed by atoms with van der Waals surface area (Å²) in [5.74, 6) is 0. The van der Waals surface area contributed by atoms with Crippen LogP contribution in [0.4, 0.5) is 11.4 Å². The Morgan fingerprint density at radius 2 is 1.87 bits per heavy atom. The summed E-state index contributed by atoms with van der Waals surface area (Å²) >= 11 is 11.5. The fraction of sp³-hybridized carbons (Fsp3) is 0.333. The van der Waals surface area contributed by atoms with Crippen LogP contribution in [0.1, 0.15) is 13.8 Å². The molecule has 0 amide bonds. The Hall–Kier alpha value is -1.00. The summed E-state index contributed by atoms with van der Waals surface area (Å²) in [7, 11) is 0. The van der Waals surface area contributed by atoms with E-state index in [1.807, 2.05) is 13.8 Å². The number of benzene rings is 1. The monoisotopic (exact) mass is 248 g/mol. The summed E-state index contributed by atoms with van der Waals surface area (Å²) in [6, 6.07) is 2.79. The van der Waals surface area contributed by atoms with Gasteiger partial charge in [-0.3, -0.25) is 10.1 Å². The third kappa shape index (κ3) is 2.97. The Kier molecular flexibility index (Phi) is 3.77. The first kappa shape index (κ1) is 12.1. The third-order valence-electron chi connectivity index (χ3n) is 1.68. The van der Waals surface area contributed by atoms with Gasteiger partial charge in [-0.25, -0.2) is 0 Å². The third-order valence-corrected chi connectivity index (χ3v) is 2.40. The smallest absolute Gasteiger partial charge is 0.293 e. The van der Waals surface area contributed by atoms with Crippen LogP contribution in [0.5, 0.6) is 0 Å². The highest BCUT2D eigenvalue weighted by Crippen LogP contribution is 2.34. The maximum atomic E-state index is 10.7. The van der Waals surface area contributed by atoms with E-state index < -0.39 is 4.92 Å². The first-order valence-corrected chi connectivity index (χ1v) is 5.07. The quantitative estimate of drug-likeness (QED) is 0.656. The molecule has 0 spiro atoms. The molecule has 6 heteroatoms. The van der Waals surface area contributed by atoms with E-state index in [4.69, 9.17) is 23.2 Å². The lowest BCUT2D eigenvalue weighted by atomic mass is 10.2. The topological polar surface area (TPSA) is 55.2 Å². The zero-order valence-electron chi connectivity index (χ0n) is 8.25. The highest BCUT2D eigenvalue weighted by Gasteiger charge is 2.17. The molecule has 0 saturated carbocycles. The highest BCUT2D eigenvalue weighted by atomic mass is 35.5. The standard InChI is InChI=1S/C9H10Cl2N2O2/c1-5(2)12-8-3-6(10)7(11)4-9(8)13(14)15/h3-5,12H,1-2H3. The molecule has 82 valence electrons. The van der Waals surface area contributed by atoms with Crippen molar-refractivity contribution in [3.8, 4) is 0 Å². The normalized spacial score (nSPS) is 10.5. The molecular weight excluding hydrogens is 239 g/mol. The Labute approximate surface area is 97.3 Å². The first-order valence-electron chi connectivity index (χ1n) is 4.31. The SMILES string of the molecule is CC(C)Nc1cc(Cl)c(Cl)cc1[N+](=O)[O-]. The van der Waals surface area contributed by atoms with Crippen molar-refractivity contribution in [3.05, 3.63) is 32.3 Å². The van der Waals surface area contributed by atoms with Gasteiger partial charge in [0, 0.05) is 12.1 Å². The van der Waals surface area contributed by atoms with Crippen molar-refractivity contribution in [2.75, 3.05) is 5.32 Å². The van der Waals surface area contributed by atoms with Gasteiger partial charge in [0.15, 0.2) is 0 Å². The fourth-order valence-corrected chi connectivity index (χ4v) is 1.44. The maximum absolute atomic E-state index is 10.7. The molecule has 1 aromatic rings. The van der Waals surface area contributed by atoms with Gasteiger partial charge in [0.05, 0.1) is 15.0 Å². The van der Waals surface area contributed by atoms with E-state index in [2.05, 4.69) is 5.32 Å². The lowest BCUT2D eigenvalue weighted by Crippen LogP contribution is -2.11. The molecule has 0 saturated heterocycles. The van der Waals surface area contributed by atoms with Crippen molar-refractivity contribution in [3.63, 3.8) is 0 Å². The van der Waals surface area contributed by atoms with Crippen molar-refractivity contribution in [2.24, 2.45) is 0 Å². The van der Waals surface area contributed by atoms with E-state index in [1.54, 1.807) is 0 Å². The van der Waals surface area contributed by atoms with E-state index in [0.29, 0.717) is 10.7 Å². The second kappa shape index (κ2) is 4.68. The summed E-state index contributed by atoms with van der Waals surface area (Å²) in [6.07, 6.45) is 0. The highest BCUT2D eigenvalue weighted by molar-refractivity contribution is 6.42. The summed E-state index contributed by atoms with van der Waals surface area (Å²) in [4.78, 5) is 10.2. The number of anilines is 1. The molecule has 0 aliphatic heterocycles. The average Bonchev–Trinajstić information content (AvgIpc) is 2.09. The molecule has 1 N–H and O–H groups in total. The Morgan fingerprint density at radius 1 is 1.33 bits per heavy atom. The molecule has 0 aliphatic rings. The minimum atomic E-state index is -0.493. The molecule has 0 fully saturated rings. The molecule has 15 heavy (non-hydrogen) atoms. The van der Waals surface area contributed by atoms with Gasteiger partial charge in [-0.15, -0.1) is 0 Å². The van der Waals surface area contributed by atoms with Crippen LogP contribution in [0.25, 0.3) is 0 Å². The summed E-state index contributed by atoms with van der Waals surface area (Å²) in [6.45, 7) is 3.76. The molecule has 0 unspecified atom stereocenters. The minimum absolute atomic E-state index is 0.0712. The van der Waals surface area contributed by atoms with Gasteiger partial charge in [-0.2, -0.15) is 0 Å². The number of nitrogens with one attached hydrogen (secondary N) is 1. The predicted molar refractivity (Wildman–Crippen MR) is 61.9 cm³/mol.